The van der Waals surface area contributed by atoms with Crippen molar-refractivity contribution in [1.29, 1.82) is 0 Å². The van der Waals surface area contributed by atoms with Gasteiger partial charge in [-0.2, -0.15) is 0 Å². The van der Waals surface area contributed by atoms with Crippen LogP contribution in [0.15, 0.2) is 0 Å². The fourth-order valence-corrected chi connectivity index (χ4v) is 1.19. The summed E-state index contributed by atoms with van der Waals surface area (Å²) in [6.45, 7) is 13.5. The Balaban J connectivity index is 4.09. The Bertz CT molecular complexity index is 130. The Morgan fingerprint density at radius 1 is 1.33 bits per heavy atom. The van der Waals surface area contributed by atoms with E-state index in [0.29, 0.717) is 0 Å². The van der Waals surface area contributed by atoms with Crippen molar-refractivity contribution in [3.63, 3.8) is 0 Å². The minimum Gasteiger partial charge on any atom is -0.307 e. The van der Waals surface area contributed by atoms with Crippen molar-refractivity contribution in [2.24, 2.45) is 11.3 Å². The molecule has 0 spiro atoms. The summed E-state index contributed by atoms with van der Waals surface area (Å²) in [6, 6.07) is 0. The molecule has 0 bridgehead atoms. The van der Waals surface area contributed by atoms with Crippen molar-refractivity contribution in [1.82, 2.24) is 0 Å². The average Bonchev–Trinajstić information content (AvgIpc) is 1.85. The van der Waals surface area contributed by atoms with Gasteiger partial charge in [0, 0.05) is 0 Å². The van der Waals surface area contributed by atoms with Gasteiger partial charge in [0.25, 0.3) is 0 Å². The largest absolute Gasteiger partial charge is 0.307 e. The van der Waals surface area contributed by atoms with Gasteiger partial charge in [0.2, 0.25) is 0 Å². The van der Waals surface area contributed by atoms with Crippen LogP contribution in [-0.4, -0.2) is 5.67 Å². The summed E-state index contributed by atoms with van der Waals surface area (Å²) in [7, 11) is 0. The molecular weight excluding hydrogens is 151 g/mol. The zero-order valence-electron chi connectivity index (χ0n) is 9.08. The highest BCUT2D eigenvalue weighted by Gasteiger charge is 2.25. The van der Waals surface area contributed by atoms with Gasteiger partial charge in [0.1, 0.15) is 0 Å². The van der Waals surface area contributed by atoms with E-state index in [9.17, 15) is 4.39 Å². The normalized spacial score (nSPS) is 20.2. The standard InChI is InChI=1S/C11H22F/c1-7-10(3,4)8-9(2)11(5,6)12/h9H,5,7-8H2,1-4,6H3/q-1. The molecule has 0 aliphatic rings. The number of hydrogen-bond acceptors (Lipinski definition) is 0. The van der Waals surface area contributed by atoms with Gasteiger partial charge in [-0.25, -0.2) is 0 Å². The van der Waals surface area contributed by atoms with Gasteiger partial charge in [-0.15, -0.1) is 0 Å². The first kappa shape index (κ1) is 11.9. The quantitative estimate of drug-likeness (QED) is 0.563. The van der Waals surface area contributed by atoms with Gasteiger partial charge in [0.15, 0.2) is 0 Å². The molecule has 0 aromatic carbocycles. The van der Waals surface area contributed by atoms with E-state index in [0.717, 1.165) is 12.8 Å². The molecule has 0 aromatic rings. The predicted molar refractivity (Wildman–Crippen MR) is 52.7 cm³/mol. The van der Waals surface area contributed by atoms with E-state index in [1.165, 1.54) is 0 Å². The molecule has 0 N–H and O–H groups in total. The second-order valence-electron chi connectivity index (χ2n) is 4.90. The average molecular weight is 173 g/mol. The third kappa shape index (κ3) is 4.08. The molecule has 0 aliphatic carbocycles. The van der Waals surface area contributed by atoms with E-state index >= 15 is 0 Å². The maximum Gasteiger partial charge on any atom is -0.0123 e. The van der Waals surface area contributed by atoms with Gasteiger partial charge in [0.05, 0.1) is 0 Å². The van der Waals surface area contributed by atoms with Crippen LogP contribution in [-0.2, 0) is 0 Å². The fourth-order valence-electron chi connectivity index (χ4n) is 1.19. The molecule has 0 amide bonds. The predicted octanol–water partition coefficient (Wildman–Crippen LogP) is 4.01. The first-order valence-electron chi connectivity index (χ1n) is 4.73. The summed E-state index contributed by atoms with van der Waals surface area (Å²) in [5.41, 5.74) is -1.04. The minimum absolute atomic E-state index is 0.0347. The van der Waals surface area contributed by atoms with E-state index in [-0.39, 0.29) is 11.3 Å². The molecule has 0 saturated carbocycles. The SMILES string of the molecule is [CH2-]C(C)(F)C(C)CC(C)(C)CC. The third-order valence-corrected chi connectivity index (χ3v) is 2.84. The molecule has 74 valence electrons. The second-order valence-corrected chi connectivity index (χ2v) is 4.90. The fraction of sp³-hybridized carbons (Fsp3) is 0.909. The third-order valence-electron chi connectivity index (χ3n) is 2.84. The monoisotopic (exact) mass is 173 g/mol. The summed E-state index contributed by atoms with van der Waals surface area (Å²) in [6.07, 6.45) is 1.99. The molecule has 0 aliphatic heterocycles. The molecule has 0 fully saturated rings. The van der Waals surface area contributed by atoms with Gasteiger partial charge >= 0.3 is 0 Å². The maximum atomic E-state index is 13.3. The zero-order chi connectivity index (χ0) is 9.99. The smallest absolute Gasteiger partial charge is 0.0123 e. The van der Waals surface area contributed by atoms with Crippen LogP contribution in [0, 0.1) is 18.3 Å². The molecule has 0 aromatic heterocycles. The summed E-state index contributed by atoms with van der Waals surface area (Å²) >= 11 is 0. The Morgan fingerprint density at radius 2 is 1.75 bits per heavy atom. The van der Waals surface area contributed by atoms with Crippen molar-refractivity contribution >= 4 is 0 Å². The summed E-state index contributed by atoms with van der Waals surface area (Å²) in [5.74, 6) is 0.0347. The molecule has 12 heavy (non-hydrogen) atoms. The van der Waals surface area contributed by atoms with Gasteiger partial charge in [-0.1, -0.05) is 41.0 Å². The lowest BCUT2D eigenvalue weighted by atomic mass is 9.77. The molecule has 0 nitrogen and oxygen atoms in total. The van der Waals surface area contributed by atoms with Crippen molar-refractivity contribution in [3.8, 4) is 0 Å². The van der Waals surface area contributed by atoms with Crippen LogP contribution in [0.25, 0.3) is 0 Å². The maximum absolute atomic E-state index is 13.3. The Hall–Kier alpha value is -0.0700. The summed E-state index contributed by atoms with van der Waals surface area (Å²) in [5, 5.41) is 0. The molecule has 2 unspecified atom stereocenters. The topological polar surface area (TPSA) is 0 Å². The molecule has 2 atom stereocenters. The van der Waals surface area contributed by atoms with Crippen molar-refractivity contribution in [2.45, 2.75) is 53.1 Å². The number of halogens is 1. The van der Waals surface area contributed by atoms with E-state index in [1.807, 2.05) is 6.92 Å². The molecule has 0 saturated heterocycles. The van der Waals surface area contributed by atoms with E-state index < -0.39 is 5.67 Å². The molecular formula is C11H22F-. The summed E-state index contributed by atoms with van der Waals surface area (Å²) < 4.78 is 13.3. The van der Waals surface area contributed by atoms with E-state index in [4.69, 9.17) is 0 Å². The Morgan fingerprint density at radius 3 is 2.00 bits per heavy atom. The lowest BCUT2D eigenvalue weighted by molar-refractivity contribution is 0.119. The molecule has 0 heterocycles. The highest BCUT2D eigenvalue weighted by Crippen LogP contribution is 2.34. The summed E-state index contributed by atoms with van der Waals surface area (Å²) in [4.78, 5) is 0. The van der Waals surface area contributed by atoms with Crippen molar-refractivity contribution in [3.05, 3.63) is 6.92 Å². The first-order chi connectivity index (χ1) is 5.19. The number of rotatable bonds is 4. The first-order valence-corrected chi connectivity index (χ1v) is 4.73. The zero-order valence-corrected chi connectivity index (χ0v) is 9.08. The van der Waals surface area contributed by atoms with Crippen molar-refractivity contribution in [2.75, 3.05) is 0 Å². The lowest BCUT2D eigenvalue weighted by Gasteiger charge is -2.36. The van der Waals surface area contributed by atoms with Crippen LogP contribution < -0.4 is 0 Å². The number of alkyl halides is 1. The van der Waals surface area contributed by atoms with Crippen LogP contribution in [0.1, 0.15) is 47.5 Å². The van der Waals surface area contributed by atoms with Crippen LogP contribution in [0.4, 0.5) is 4.39 Å². The van der Waals surface area contributed by atoms with Gasteiger partial charge in [-0.05, 0) is 23.4 Å². The van der Waals surface area contributed by atoms with Gasteiger partial charge in [-0.3, -0.25) is 4.39 Å². The number of hydrogen-bond donors (Lipinski definition) is 0. The Labute approximate surface area is 76.6 Å². The second kappa shape index (κ2) is 3.76. The van der Waals surface area contributed by atoms with Crippen LogP contribution in [0.3, 0.4) is 0 Å². The lowest BCUT2D eigenvalue weighted by Crippen LogP contribution is -2.28. The van der Waals surface area contributed by atoms with Crippen LogP contribution in [0.5, 0.6) is 0 Å². The van der Waals surface area contributed by atoms with Crippen LogP contribution in [0.2, 0.25) is 0 Å². The van der Waals surface area contributed by atoms with Crippen LogP contribution >= 0.6 is 0 Å². The molecule has 1 heteroatoms. The highest BCUT2D eigenvalue weighted by molar-refractivity contribution is 4.85. The molecule has 0 rings (SSSR count). The highest BCUT2D eigenvalue weighted by atomic mass is 19.1. The Kier molecular flexibility index (Phi) is 3.74. The van der Waals surface area contributed by atoms with Gasteiger partial charge < -0.3 is 6.92 Å². The molecule has 0 radical (unpaired) electrons. The minimum atomic E-state index is -1.29. The van der Waals surface area contributed by atoms with Crippen molar-refractivity contribution < 1.29 is 4.39 Å². The van der Waals surface area contributed by atoms with E-state index in [1.54, 1.807) is 6.92 Å². The van der Waals surface area contributed by atoms with E-state index in [2.05, 4.69) is 27.7 Å².